The predicted molar refractivity (Wildman–Crippen MR) is 136 cm³/mol. The zero-order valence-corrected chi connectivity index (χ0v) is 18.1. The standard InChI is InChI=1S/C31H22O2/c32-29-19-15-24(16-20-29)12-11-23-13-17-27(18-14-23)31-22-28(25-7-3-1-4-8-25)21-30(33-31)26-9-5-2-6-10-26/h1-22H/p+1/b12-11+. The highest BCUT2D eigenvalue weighted by Crippen LogP contribution is 2.33. The van der Waals surface area contributed by atoms with Gasteiger partial charge in [-0.3, -0.25) is 0 Å². The van der Waals surface area contributed by atoms with Crippen molar-refractivity contribution in [3.63, 3.8) is 0 Å². The average Bonchev–Trinajstić information content (AvgIpc) is 2.89. The Kier molecular flexibility index (Phi) is 5.81. The molecule has 4 aromatic carbocycles. The van der Waals surface area contributed by atoms with Crippen LogP contribution in [0.15, 0.2) is 126 Å². The number of benzene rings is 4. The van der Waals surface area contributed by atoms with Gasteiger partial charge in [-0.15, -0.1) is 0 Å². The molecule has 0 saturated heterocycles. The Bertz CT molecular complexity index is 1310. The normalized spacial score (nSPS) is 11.0. The number of phenols is 1. The molecule has 1 heterocycles. The van der Waals surface area contributed by atoms with Crippen molar-refractivity contribution in [1.29, 1.82) is 0 Å². The zero-order chi connectivity index (χ0) is 22.5. The van der Waals surface area contributed by atoms with Crippen LogP contribution in [0.3, 0.4) is 0 Å². The molecule has 0 fully saturated rings. The van der Waals surface area contributed by atoms with Crippen molar-refractivity contribution in [2.75, 3.05) is 0 Å². The molecule has 0 aliphatic carbocycles. The molecular formula is C31H23O2+. The highest BCUT2D eigenvalue weighted by molar-refractivity contribution is 5.76. The third-order valence-electron chi connectivity index (χ3n) is 5.52. The number of hydrogen-bond donors (Lipinski definition) is 1. The van der Waals surface area contributed by atoms with Gasteiger partial charge in [-0.05, 0) is 53.1 Å². The van der Waals surface area contributed by atoms with Crippen molar-refractivity contribution in [3.8, 4) is 39.5 Å². The van der Waals surface area contributed by atoms with E-state index in [0.717, 1.165) is 44.9 Å². The van der Waals surface area contributed by atoms with Crippen LogP contribution in [0.2, 0.25) is 0 Å². The molecule has 0 amide bonds. The summed E-state index contributed by atoms with van der Waals surface area (Å²) in [6.45, 7) is 0. The van der Waals surface area contributed by atoms with Gasteiger partial charge in [0.2, 0.25) is 0 Å². The largest absolute Gasteiger partial charge is 0.508 e. The minimum Gasteiger partial charge on any atom is -0.508 e. The highest BCUT2D eigenvalue weighted by Gasteiger charge is 2.20. The summed E-state index contributed by atoms with van der Waals surface area (Å²) in [6, 6.07) is 40.2. The van der Waals surface area contributed by atoms with Gasteiger partial charge >= 0.3 is 11.5 Å². The smallest absolute Gasteiger partial charge is 0.361 e. The average molecular weight is 428 g/mol. The molecule has 5 aromatic rings. The first kappa shape index (κ1) is 20.5. The van der Waals surface area contributed by atoms with Crippen molar-refractivity contribution < 1.29 is 9.52 Å². The van der Waals surface area contributed by atoms with Gasteiger partial charge in [-0.1, -0.05) is 84.9 Å². The SMILES string of the molecule is Oc1ccc(/C=C/c2ccc(-c3cc(-c4ccccc4)cc(-c4ccccc4)[o+]3)cc2)cc1. The van der Waals surface area contributed by atoms with Crippen molar-refractivity contribution in [1.82, 2.24) is 0 Å². The summed E-state index contributed by atoms with van der Waals surface area (Å²) in [4.78, 5) is 0. The lowest BCUT2D eigenvalue weighted by molar-refractivity contribution is 0.475. The van der Waals surface area contributed by atoms with Gasteiger partial charge in [0.15, 0.2) is 0 Å². The van der Waals surface area contributed by atoms with Crippen LogP contribution in [0.25, 0.3) is 45.9 Å². The Labute approximate surface area is 193 Å². The second-order valence-electron chi connectivity index (χ2n) is 7.85. The number of hydrogen-bond acceptors (Lipinski definition) is 1. The van der Waals surface area contributed by atoms with Crippen LogP contribution in [0.5, 0.6) is 5.75 Å². The molecule has 0 saturated carbocycles. The van der Waals surface area contributed by atoms with E-state index in [2.05, 4.69) is 78.9 Å². The Hall–Kier alpha value is -4.43. The molecule has 33 heavy (non-hydrogen) atoms. The van der Waals surface area contributed by atoms with E-state index in [1.54, 1.807) is 12.1 Å². The third-order valence-corrected chi connectivity index (χ3v) is 5.52. The van der Waals surface area contributed by atoms with E-state index >= 15 is 0 Å². The molecule has 0 spiro atoms. The van der Waals surface area contributed by atoms with E-state index in [9.17, 15) is 5.11 Å². The van der Waals surface area contributed by atoms with Gasteiger partial charge in [-0.25, -0.2) is 4.42 Å². The van der Waals surface area contributed by atoms with Crippen molar-refractivity contribution in [2.45, 2.75) is 0 Å². The lowest BCUT2D eigenvalue weighted by Gasteiger charge is -2.02. The topological polar surface area (TPSA) is 31.5 Å². The Morgan fingerprint density at radius 1 is 0.455 bits per heavy atom. The van der Waals surface area contributed by atoms with E-state index in [0.29, 0.717) is 0 Å². The summed E-state index contributed by atoms with van der Waals surface area (Å²) >= 11 is 0. The minimum atomic E-state index is 0.271. The molecule has 0 unspecified atom stereocenters. The van der Waals surface area contributed by atoms with Crippen LogP contribution in [0.4, 0.5) is 0 Å². The van der Waals surface area contributed by atoms with Crippen molar-refractivity contribution >= 4 is 12.2 Å². The Morgan fingerprint density at radius 2 is 0.909 bits per heavy atom. The van der Waals surface area contributed by atoms with Gasteiger partial charge < -0.3 is 5.11 Å². The first-order valence-electron chi connectivity index (χ1n) is 10.9. The van der Waals surface area contributed by atoms with Gasteiger partial charge in [0.1, 0.15) is 5.75 Å². The molecular weight excluding hydrogens is 404 g/mol. The van der Waals surface area contributed by atoms with E-state index in [1.165, 1.54) is 0 Å². The summed E-state index contributed by atoms with van der Waals surface area (Å²) < 4.78 is 6.35. The molecule has 1 aromatic heterocycles. The predicted octanol–water partition coefficient (Wildman–Crippen LogP) is 8.44. The number of phenolic OH excluding ortho intramolecular Hbond substituents is 1. The lowest BCUT2D eigenvalue weighted by atomic mass is 10.0. The van der Waals surface area contributed by atoms with Gasteiger partial charge in [0, 0.05) is 5.56 Å². The zero-order valence-electron chi connectivity index (χ0n) is 18.1. The first-order chi connectivity index (χ1) is 16.2. The van der Waals surface area contributed by atoms with Crippen LogP contribution in [0, 0.1) is 0 Å². The van der Waals surface area contributed by atoms with Crippen molar-refractivity contribution in [3.05, 3.63) is 132 Å². The molecule has 1 N–H and O–H groups in total. The van der Waals surface area contributed by atoms with Crippen molar-refractivity contribution in [2.24, 2.45) is 0 Å². The van der Waals surface area contributed by atoms with Gasteiger partial charge in [0.05, 0.1) is 23.3 Å². The maximum absolute atomic E-state index is 9.43. The van der Waals surface area contributed by atoms with Crippen LogP contribution < -0.4 is 0 Å². The van der Waals surface area contributed by atoms with Crippen LogP contribution >= 0.6 is 0 Å². The number of aromatic hydroxyl groups is 1. The van der Waals surface area contributed by atoms with Gasteiger partial charge in [0.25, 0.3) is 0 Å². The molecule has 0 aliphatic heterocycles. The third kappa shape index (κ3) is 4.91. The maximum Gasteiger partial charge on any atom is 0.361 e. The maximum atomic E-state index is 9.43. The fraction of sp³-hybridized carbons (Fsp3) is 0. The highest BCUT2D eigenvalue weighted by atomic mass is 16.3. The lowest BCUT2D eigenvalue weighted by Crippen LogP contribution is -1.86. The first-order valence-corrected chi connectivity index (χ1v) is 10.9. The van der Waals surface area contributed by atoms with Crippen LogP contribution in [-0.4, -0.2) is 5.11 Å². The van der Waals surface area contributed by atoms with Crippen LogP contribution in [-0.2, 0) is 0 Å². The summed E-state index contributed by atoms with van der Waals surface area (Å²) in [5.74, 6) is 1.93. The van der Waals surface area contributed by atoms with E-state index in [1.807, 2.05) is 42.5 Å². The second kappa shape index (κ2) is 9.37. The molecule has 0 radical (unpaired) electrons. The van der Waals surface area contributed by atoms with Gasteiger partial charge in [-0.2, -0.15) is 0 Å². The number of rotatable bonds is 5. The summed E-state index contributed by atoms with van der Waals surface area (Å²) in [5.41, 5.74) is 6.47. The molecule has 2 nitrogen and oxygen atoms in total. The quantitative estimate of drug-likeness (QED) is 0.225. The minimum absolute atomic E-state index is 0.271. The molecule has 5 rings (SSSR count). The molecule has 2 heteroatoms. The summed E-state index contributed by atoms with van der Waals surface area (Å²) in [6.07, 6.45) is 4.09. The molecule has 0 atom stereocenters. The Balaban J connectivity index is 1.49. The summed E-state index contributed by atoms with van der Waals surface area (Å²) in [5, 5.41) is 9.43. The van der Waals surface area contributed by atoms with Crippen LogP contribution in [0.1, 0.15) is 11.1 Å². The fourth-order valence-corrected chi connectivity index (χ4v) is 3.72. The molecule has 158 valence electrons. The fourth-order valence-electron chi connectivity index (χ4n) is 3.72. The van der Waals surface area contributed by atoms with E-state index in [-0.39, 0.29) is 5.75 Å². The van der Waals surface area contributed by atoms with E-state index < -0.39 is 0 Å². The summed E-state index contributed by atoms with van der Waals surface area (Å²) in [7, 11) is 0. The molecule has 0 bridgehead atoms. The monoisotopic (exact) mass is 427 g/mol. The molecule has 0 aliphatic rings. The second-order valence-corrected chi connectivity index (χ2v) is 7.85. The Morgan fingerprint density at radius 3 is 1.45 bits per heavy atom. The van der Waals surface area contributed by atoms with E-state index in [4.69, 9.17) is 4.42 Å².